The Kier molecular flexibility index (Phi) is 4.44. The average molecular weight is 318 g/mol. The summed E-state index contributed by atoms with van der Waals surface area (Å²) >= 11 is 6.19. The lowest BCUT2D eigenvalue weighted by Crippen LogP contribution is -2.29. The molecule has 1 atom stereocenters. The van der Waals surface area contributed by atoms with Crippen molar-refractivity contribution in [2.75, 3.05) is 17.3 Å². The van der Waals surface area contributed by atoms with Crippen LogP contribution in [0.3, 0.4) is 0 Å². The number of nitrogens with one attached hydrogen (secondary N) is 1. The van der Waals surface area contributed by atoms with Crippen LogP contribution in [0.2, 0.25) is 0 Å². The lowest BCUT2D eigenvalue weighted by Gasteiger charge is -2.17. The molecular weight excluding hydrogens is 296 g/mol. The van der Waals surface area contributed by atoms with E-state index >= 15 is 0 Å². The molecule has 0 aliphatic carbocycles. The molecule has 22 heavy (non-hydrogen) atoms. The van der Waals surface area contributed by atoms with Gasteiger partial charge in [-0.1, -0.05) is 19.8 Å². The summed E-state index contributed by atoms with van der Waals surface area (Å²) in [6.07, 6.45) is 5.81. The van der Waals surface area contributed by atoms with E-state index in [0.29, 0.717) is 18.8 Å². The highest BCUT2D eigenvalue weighted by Gasteiger charge is 2.33. The third kappa shape index (κ3) is 2.52. The van der Waals surface area contributed by atoms with Crippen LogP contribution in [0.1, 0.15) is 49.7 Å². The molecule has 1 amide bonds. The number of nitrogens with zero attached hydrogens (tertiary/aromatic N) is 1. The standard InChI is InChI=1S/C18H22ClN2O/c1-3-4-5-6-16(22)21-11-13(9-19)18-15(21)8-7-14-17(18)12(2)10-20-14/h8,10,13,20H,3-6,9,11H2,1-2H3/t13-/m1/s1. The summed E-state index contributed by atoms with van der Waals surface area (Å²) in [5, 5.41) is 1.19. The Labute approximate surface area is 136 Å². The molecule has 0 bridgehead atoms. The van der Waals surface area contributed by atoms with Crippen molar-refractivity contribution in [2.45, 2.75) is 45.4 Å². The van der Waals surface area contributed by atoms with E-state index < -0.39 is 0 Å². The van der Waals surface area contributed by atoms with Crippen LogP contribution in [0.5, 0.6) is 0 Å². The van der Waals surface area contributed by atoms with E-state index in [1.807, 2.05) is 17.2 Å². The Morgan fingerprint density at radius 2 is 2.32 bits per heavy atom. The van der Waals surface area contributed by atoms with Gasteiger partial charge in [0.25, 0.3) is 0 Å². The number of halogens is 1. The zero-order chi connectivity index (χ0) is 15.7. The minimum atomic E-state index is 0.207. The van der Waals surface area contributed by atoms with Gasteiger partial charge in [0.2, 0.25) is 5.91 Å². The van der Waals surface area contributed by atoms with Gasteiger partial charge >= 0.3 is 0 Å². The van der Waals surface area contributed by atoms with Gasteiger partial charge in [-0.25, -0.2) is 0 Å². The fourth-order valence-electron chi connectivity index (χ4n) is 3.40. The lowest BCUT2D eigenvalue weighted by atomic mass is 9.97. The summed E-state index contributed by atoms with van der Waals surface area (Å²) < 4.78 is 0. The summed E-state index contributed by atoms with van der Waals surface area (Å²) in [4.78, 5) is 17.7. The van der Waals surface area contributed by atoms with E-state index in [9.17, 15) is 4.79 Å². The van der Waals surface area contributed by atoms with Crippen LogP contribution in [0.4, 0.5) is 5.69 Å². The highest BCUT2D eigenvalue weighted by atomic mass is 35.5. The van der Waals surface area contributed by atoms with Crippen LogP contribution in [0, 0.1) is 13.0 Å². The smallest absolute Gasteiger partial charge is 0.227 e. The first-order chi connectivity index (χ1) is 10.7. The van der Waals surface area contributed by atoms with Gasteiger partial charge in [-0.15, -0.1) is 11.6 Å². The van der Waals surface area contributed by atoms with E-state index in [4.69, 9.17) is 11.6 Å². The maximum absolute atomic E-state index is 12.6. The number of rotatable bonds is 5. The van der Waals surface area contributed by atoms with E-state index in [0.717, 1.165) is 30.5 Å². The lowest BCUT2D eigenvalue weighted by molar-refractivity contribution is -0.118. The molecule has 1 aliphatic rings. The van der Waals surface area contributed by atoms with Crippen molar-refractivity contribution in [3.8, 4) is 0 Å². The molecule has 4 heteroatoms. The zero-order valence-electron chi connectivity index (χ0n) is 13.2. The van der Waals surface area contributed by atoms with Gasteiger partial charge in [0.15, 0.2) is 0 Å². The number of carbonyl (C=O) groups is 1. The zero-order valence-corrected chi connectivity index (χ0v) is 14.0. The molecule has 2 aromatic rings. The summed E-state index contributed by atoms with van der Waals surface area (Å²) in [7, 11) is 0. The molecule has 0 saturated heterocycles. The van der Waals surface area contributed by atoms with Crippen LogP contribution >= 0.6 is 11.6 Å². The highest BCUT2D eigenvalue weighted by Crippen LogP contribution is 2.42. The van der Waals surface area contributed by atoms with Crippen molar-refractivity contribution in [3.05, 3.63) is 29.5 Å². The first kappa shape index (κ1) is 15.4. The molecule has 1 radical (unpaired) electrons. The Morgan fingerprint density at radius 1 is 1.50 bits per heavy atom. The number of benzene rings is 1. The van der Waals surface area contributed by atoms with Crippen molar-refractivity contribution in [1.82, 2.24) is 4.98 Å². The van der Waals surface area contributed by atoms with Crippen molar-refractivity contribution >= 4 is 34.1 Å². The summed E-state index contributed by atoms with van der Waals surface area (Å²) in [5.41, 5.74) is 4.42. The van der Waals surface area contributed by atoms with Crippen molar-refractivity contribution in [3.63, 3.8) is 0 Å². The number of fused-ring (bicyclic) bond motifs is 3. The maximum atomic E-state index is 12.6. The maximum Gasteiger partial charge on any atom is 0.227 e. The molecule has 1 aromatic heterocycles. The Balaban J connectivity index is 1.97. The monoisotopic (exact) mass is 317 g/mol. The highest BCUT2D eigenvalue weighted by molar-refractivity contribution is 6.19. The van der Waals surface area contributed by atoms with Gasteiger partial charge in [-0.2, -0.15) is 0 Å². The fourth-order valence-corrected chi connectivity index (χ4v) is 3.65. The molecule has 1 N–H and O–H groups in total. The Morgan fingerprint density at radius 3 is 3.05 bits per heavy atom. The summed E-state index contributed by atoms with van der Waals surface area (Å²) in [6.45, 7) is 4.94. The Hall–Kier alpha value is -1.48. The molecular formula is C18H22ClN2O. The number of carbonyl (C=O) groups excluding carboxylic acids is 1. The largest absolute Gasteiger partial charge is 0.360 e. The molecule has 3 nitrogen and oxygen atoms in total. The minimum absolute atomic E-state index is 0.207. The second-order valence-electron chi connectivity index (χ2n) is 6.12. The van der Waals surface area contributed by atoms with Gasteiger partial charge in [-0.05, 0) is 30.5 Å². The van der Waals surface area contributed by atoms with Crippen LogP contribution in [-0.2, 0) is 4.79 Å². The molecule has 2 heterocycles. The molecule has 0 saturated carbocycles. The molecule has 0 unspecified atom stereocenters. The molecule has 117 valence electrons. The molecule has 3 rings (SSSR count). The first-order valence-corrected chi connectivity index (χ1v) is 8.59. The number of aromatic amines is 1. The van der Waals surface area contributed by atoms with E-state index in [-0.39, 0.29) is 11.8 Å². The Bertz CT molecular complexity index is 692. The number of hydrogen-bond donors (Lipinski definition) is 1. The average Bonchev–Trinajstić information content (AvgIpc) is 3.08. The number of amides is 1. The quantitative estimate of drug-likeness (QED) is 0.638. The van der Waals surface area contributed by atoms with Crippen molar-refractivity contribution in [2.24, 2.45) is 0 Å². The minimum Gasteiger partial charge on any atom is -0.360 e. The molecule has 1 aliphatic heterocycles. The number of unbranched alkanes of at least 4 members (excludes halogenated alkanes) is 2. The normalized spacial score (nSPS) is 17.2. The van der Waals surface area contributed by atoms with Crippen LogP contribution in [0.25, 0.3) is 10.9 Å². The van der Waals surface area contributed by atoms with Crippen LogP contribution < -0.4 is 4.90 Å². The summed E-state index contributed by atoms with van der Waals surface area (Å²) in [6, 6.07) is 5.22. The number of anilines is 1. The van der Waals surface area contributed by atoms with Gasteiger partial charge in [0, 0.05) is 48.1 Å². The fraction of sp³-hybridized carbons (Fsp3) is 0.500. The number of aryl methyl sites for hydroxylation is 1. The predicted molar refractivity (Wildman–Crippen MR) is 91.8 cm³/mol. The van der Waals surface area contributed by atoms with Gasteiger partial charge in [0.1, 0.15) is 0 Å². The van der Waals surface area contributed by atoms with E-state index in [2.05, 4.69) is 24.9 Å². The molecule has 0 fully saturated rings. The van der Waals surface area contributed by atoms with Crippen molar-refractivity contribution < 1.29 is 4.79 Å². The van der Waals surface area contributed by atoms with Crippen LogP contribution in [0.15, 0.2) is 12.3 Å². The van der Waals surface area contributed by atoms with Gasteiger partial charge < -0.3 is 9.88 Å². The second kappa shape index (κ2) is 6.33. The number of H-pyrrole nitrogens is 1. The van der Waals surface area contributed by atoms with E-state index in [1.54, 1.807) is 0 Å². The topological polar surface area (TPSA) is 36.1 Å². The first-order valence-electron chi connectivity index (χ1n) is 8.06. The third-order valence-electron chi connectivity index (χ3n) is 4.56. The molecule has 0 spiro atoms. The SMILES string of the molecule is CCCCCC(=O)N1C[C@@H](CCl)c2c1c[c]c1[nH]cc(C)c21. The van der Waals surface area contributed by atoms with Gasteiger partial charge in [-0.3, -0.25) is 4.79 Å². The van der Waals surface area contributed by atoms with Crippen molar-refractivity contribution in [1.29, 1.82) is 0 Å². The van der Waals surface area contributed by atoms with Gasteiger partial charge in [0.05, 0.1) is 5.52 Å². The number of alkyl halides is 1. The predicted octanol–water partition coefficient (Wildman–Crippen LogP) is 4.53. The second-order valence-corrected chi connectivity index (χ2v) is 6.43. The summed E-state index contributed by atoms with van der Waals surface area (Å²) in [5.74, 6) is 0.955. The number of aromatic nitrogens is 1. The molecule has 1 aromatic carbocycles. The third-order valence-corrected chi connectivity index (χ3v) is 4.93. The number of hydrogen-bond acceptors (Lipinski definition) is 1. The van der Waals surface area contributed by atoms with Crippen LogP contribution in [-0.4, -0.2) is 23.3 Å². The van der Waals surface area contributed by atoms with E-state index in [1.165, 1.54) is 16.5 Å².